The van der Waals surface area contributed by atoms with Crippen LogP contribution in [0.1, 0.15) is 0 Å². The molecule has 0 saturated heterocycles. The van der Waals surface area contributed by atoms with Crippen LogP contribution in [0, 0.1) is 0 Å². The van der Waals surface area contributed by atoms with E-state index in [1.807, 2.05) is 0 Å². The third-order valence-electron chi connectivity index (χ3n) is 5.20. The fourth-order valence-corrected chi connectivity index (χ4v) is 3.60. The number of pyridine rings is 1. The van der Waals surface area contributed by atoms with Crippen LogP contribution in [0.25, 0.3) is 27.8 Å². The Morgan fingerprint density at radius 2 is 1.85 bits per heavy atom. The average Bonchev–Trinajstić information content (AvgIpc) is 3.30. The molecule has 4 aromatic rings. The van der Waals surface area contributed by atoms with Crippen molar-refractivity contribution in [1.82, 2.24) is 14.5 Å². The molecule has 3 heterocycles. The van der Waals surface area contributed by atoms with Crippen LogP contribution in [0.4, 0.5) is 19.1 Å². The second kappa shape index (κ2) is 8.25. The second-order valence-corrected chi connectivity index (χ2v) is 7.41. The first-order valence-electron chi connectivity index (χ1n) is 10.1. The highest BCUT2D eigenvalue weighted by atomic mass is 19.4. The van der Waals surface area contributed by atoms with Crippen LogP contribution in [0.3, 0.4) is 0 Å². The fraction of sp³-hybridized carbons (Fsp3) is 0.174. The molecule has 0 radical (unpaired) electrons. The fourth-order valence-electron chi connectivity index (χ4n) is 3.60. The van der Waals surface area contributed by atoms with Gasteiger partial charge >= 0.3 is 6.18 Å². The summed E-state index contributed by atoms with van der Waals surface area (Å²) in [5.74, 6) is 1.41. The lowest BCUT2D eigenvalue weighted by Crippen LogP contribution is -2.24. The summed E-state index contributed by atoms with van der Waals surface area (Å²) in [6.07, 6.45) is -3.08. The number of alkyl halides is 3. The monoisotopic (exact) mass is 470 g/mol. The number of halogens is 3. The lowest BCUT2D eigenvalue weighted by Gasteiger charge is -2.14. The zero-order chi connectivity index (χ0) is 23.9. The van der Waals surface area contributed by atoms with Gasteiger partial charge in [0.1, 0.15) is 12.3 Å². The first-order valence-corrected chi connectivity index (χ1v) is 10.1. The number of hydrogen-bond acceptors (Lipinski definition) is 7. The van der Waals surface area contributed by atoms with E-state index in [1.54, 1.807) is 48.5 Å². The van der Waals surface area contributed by atoms with Crippen molar-refractivity contribution in [1.29, 1.82) is 0 Å². The smallest absolute Gasteiger partial charge is 0.405 e. The van der Waals surface area contributed by atoms with Gasteiger partial charge in [-0.25, -0.2) is 4.98 Å². The molecular weight excluding hydrogens is 453 g/mol. The molecule has 1 N–H and O–H groups in total. The average molecular weight is 470 g/mol. The van der Waals surface area contributed by atoms with Crippen LogP contribution in [0.2, 0.25) is 0 Å². The number of aromatic nitrogens is 3. The molecule has 34 heavy (non-hydrogen) atoms. The van der Waals surface area contributed by atoms with Gasteiger partial charge in [0.2, 0.25) is 12.7 Å². The first-order chi connectivity index (χ1) is 16.3. The van der Waals surface area contributed by atoms with Crippen LogP contribution in [0.5, 0.6) is 17.2 Å². The minimum Gasteiger partial charge on any atom is -0.497 e. The zero-order valence-corrected chi connectivity index (χ0v) is 17.7. The van der Waals surface area contributed by atoms with E-state index in [4.69, 9.17) is 14.2 Å². The molecule has 0 atom stereocenters. The topological polar surface area (TPSA) is 87.5 Å². The zero-order valence-electron chi connectivity index (χ0n) is 17.7. The highest BCUT2D eigenvalue weighted by molar-refractivity contribution is 5.83. The largest absolute Gasteiger partial charge is 0.497 e. The van der Waals surface area contributed by atoms with E-state index in [0.717, 1.165) is 0 Å². The number of methoxy groups -OCH3 is 1. The van der Waals surface area contributed by atoms with E-state index >= 15 is 0 Å². The van der Waals surface area contributed by atoms with Gasteiger partial charge in [-0.15, -0.1) is 0 Å². The van der Waals surface area contributed by atoms with E-state index in [1.165, 1.54) is 17.9 Å². The molecule has 2 aromatic heterocycles. The molecule has 8 nitrogen and oxygen atoms in total. The summed E-state index contributed by atoms with van der Waals surface area (Å²) in [5, 5.41) is 2.61. The van der Waals surface area contributed by atoms with Crippen molar-refractivity contribution in [3.63, 3.8) is 0 Å². The van der Waals surface area contributed by atoms with Gasteiger partial charge < -0.3 is 19.5 Å². The molecule has 1 aliphatic heterocycles. The lowest BCUT2D eigenvalue weighted by atomic mass is 10.1. The number of fused-ring (bicyclic) bond motifs is 2. The summed E-state index contributed by atoms with van der Waals surface area (Å²) in [4.78, 5) is 21.9. The van der Waals surface area contributed by atoms with Crippen molar-refractivity contribution in [3.05, 3.63) is 65.1 Å². The molecule has 0 unspecified atom stereocenters. The number of nitrogens with one attached hydrogen (secondary N) is 1. The molecule has 174 valence electrons. The Morgan fingerprint density at radius 3 is 2.59 bits per heavy atom. The minimum absolute atomic E-state index is 0.0914. The molecular formula is C23H17F3N4O4. The van der Waals surface area contributed by atoms with E-state index in [2.05, 4.69) is 15.3 Å². The number of nitrogens with zero attached hydrogens (tertiary/aromatic N) is 3. The Balaban J connectivity index is 1.70. The molecule has 0 spiro atoms. The highest BCUT2D eigenvalue weighted by Gasteiger charge is 2.27. The SMILES string of the molecule is COc1ccc(-n2c(=O)c(-c3ccc4c(c3)OCO4)cc3cnc(NCC(F)(F)F)nc32)cc1. The van der Waals surface area contributed by atoms with Crippen molar-refractivity contribution >= 4 is 17.0 Å². The quantitative estimate of drug-likeness (QED) is 0.469. The van der Waals surface area contributed by atoms with Crippen molar-refractivity contribution in [3.8, 4) is 34.1 Å². The summed E-state index contributed by atoms with van der Waals surface area (Å²) in [6, 6.07) is 13.4. The standard InChI is InChI=1S/C23H17F3N4O4/c1-32-16-5-3-15(4-6-16)30-20-14(10-27-22(29-20)28-11-23(24,25)26)8-17(21(30)31)13-2-7-18-19(9-13)34-12-33-18/h2-10H,11-12H2,1H3,(H,27,28,29). The van der Waals surface area contributed by atoms with Crippen LogP contribution in [-0.4, -0.2) is 41.2 Å². The second-order valence-electron chi connectivity index (χ2n) is 7.41. The third kappa shape index (κ3) is 4.07. The van der Waals surface area contributed by atoms with Crippen LogP contribution in [-0.2, 0) is 0 Å². The summed E-state index contributed by atoms with van der Waals surface area (Å²) in [6.45, 7) is -1.21. The minimum atomic E-state index is -4.45. The van der Waals surface area contributed by atoms with Crippen molar-refractivity contribution in [2.75, 3.05) is 25.8 Å². The summed E-state index contributed by atoms with van der Waals surface area (Å²) >= 11 is 0. The van der Waals surface area contributed by atoms with Gasteiger partial charge in [-0.2, -0.15) is 18.2 Å². The Kier molecular flexibility index (Phi) is 5.23. The van der Waals surface area contributed by atoms with Gasteiger partial charge in [-0.1, -0.05) is 6.07 Å². The van der Waals surface area contributed by atoms with Crippen molar-refractivity contribution < 1.29 is 27.4 Å². The Bertz CT molecular complexity index is 1440. The predicted molar refractivity (Wildman–Crippen MR) is 118 cm³/mol. The maximum atomic E-state index is 13.7. The highest BCUT2D eigenvalue weighted by Crippen LogP contribution is 2.36. The molecule has 5 rings (SSSR count). The lowest BCUT2D eigenvalue weighted by molar-refractivity contribution is -0.115. The summed E-state index contributed by atoms with van der Waals surface area (Å²) in [7, 11) is 1.52. The molecule has 11 heteroatoms. The molecule has 0 fully saturated rings. The number of benzene rings is 2. The van der Waals surface area contributed by atoms with Crippen molar-refractivity contribution in [2.45, 2.75) is 6.18 Å². The molecule has 1 aliphatic rings. The Labute approximate surface area is 190 Å². The van der Waals surface area contributed by atoms with Crippen LogP contribution < -0.4 is 25.1 Å². The molecule has 2 aromatic carbocycles. The van der Waals surface area contributed by atoms with Gasteiger partial charge in [0.05, 0.1) is 12.8 Å². The van der Waals surface area contributed by atoms with E-state index in [-0.39, 0.29) is 18.4 Å². The van der Waals surface area contributed by atoms with E-state index in [0.29, 0.717) is 39.4 Å². The van der Waals surface area contributed by atoms with E-state index in [9.17, 15) is 18.0 Å². The summed E-state index contributed by atoms with van der Waals surface area (Å²) < 4.78 is 55.3. The van der Waals surface area contributed by atoms with Crippen molar-refractivity contribution in [2.24, 2.45) is 0 Å². The van der Waals surface area contributed by atoms with Gasteiger partial charge in [-0.05, 0) is 48.0 Å². The van der Waals surface area contributed by atoms with E-state index < -0.39 is 18.3 Å². The maximum Gasteiger partial charge on any atom is 0.405 e. The van der Waals surface area contributed by atoms with Gasteiger partial charge in [0.15, 0.2) is 17.1 Å². The number of rotatable bonds is 5. The first kappa shape index (κ1) is 21.6. The maximum absolute atomic E-state index is 13.7. The normalized spacial score (nSPS) is 12.7. The number of anilines is 1. The summed E-state index contributed by atoms with van der Waals surface area (Å²) in [5.41, 5.74) is 1.11. The predicted octanol–water partition coefficient (Wildman–Crippen LogP) is 4.16. The molecule has 0 amide bonds. The van der Waals surface area contributed by atoms with Gasteiger partial charge in [0, 0.05) is 17.1 Å². The third-order valence-corrected chi connectivity index (χ3v) is 5.20. The van der Waals surface area contributed by atoms with Crippen LogP contribution >= 0.6 is 0 Å². The Morgan fingerprint density at radius 1 is 1.09 bits per heavy atom. The van der Waals surface area contributed by atoms with Gasteiger partial charge in [-0.3, -0.25) is 9.36 Å². The molecule has 0 saturated carbocycles. The number of hydrogen-bond donors (Lipinski definition) is 1. The van der Waals surface area contributed by atoms with Gasteiger partial charge in [0.25, 0.3) is 5.56 Å². The van der Waals surface area contributed by atoms with Crippen LogP contribution in [0.15, 0.2) is 59.5 Å². The number of ether oxygens (including phenoxy) is 3. The molecule has 0 aliphatic carbocycles. The molecule has 0 bridgehead atoms. The Hall–Kier alpha value is -4.28.